The quantitative estimate of drug-likeness (QED) is 0.0307. The van der Waals surface area contributed by atoms with Crippen LogP contribution in [0.2, 0.25) is 0 Å². The highest BCUT2D eigenvalue weighted by atomic mass is 16.4. The van der Waals surface area contributed by atoms with E-state index in [0.29, 0.717) is 0 Å². The molecule has 0 aromatic rings. The summed E-state index contributed by atoms with van der Waals surface area (Å²) in [5, 5.41) is 85.9. The lowest BCUT2D eigenvalue weighted by molar-refractivity contribution is -0.143. The summed E-state index contributed by atoms with van der Waals surface area (Å²) in [6.07, 6.45) is -6.39. The fraction of sp³-hybridized carbons (Fsp3) is 0.658. The van der Waals surface area contributed by atoms with Crippen LogP contribution in [-0.4, -0.2) is 223 Å². The topological polar surface area (TPSA) is 567 Å². The number of carboxylic acids is 1. The molecule has 400 valence electrons. The molecule has 1 fully saturated rings. The fourth-order valence-electron chi connectivity index (χ4n) is 6.46. The third-order valence-electron chi connectivity index (χ3n) is 10.3. The number of aliphatic hydroxyl groups is 6. The van der Waals surface area contributed by atoms with Gasteiger partial charge in [-0.1, -0.05) is 0 Å². The number of carboxylic acid groups (broad SMARTS) is 1. The van der Waals surface area contributed by atoms with Gasteiger partial charge in [0.1, 0.15) is 54.4 Å². The fourth-order valence-corrected chi connectivity index (χ4v) is 6.46. The van der Waals surface area contributed by atoms with Crippen molar-refractivity contribution in [3.05, 3.63) is 0 Å². The number of primary amides is 3. The highest BCUT2D eigenvalue weighted by Crippen LogP contribution is 2.19. The number of carbonyl (C=O) groups excluding carboxylic acids is 12. The van der Waals surface area contributed by atoms with Gasteiger partial charge in [-0.05, 0) is 33.1 Å². The molecule has 0 aromatic heterocycles. The molecule has 33 nitrogen and oxygen atoms in total. The van der Waals surface area contributed by atoms with Crippen LogP contribution in [0.3, 0.4) is 0 Å². The van der Waals surface area contributed by atoms with Crippen molar-refractivity contribution in [3.8, 4) is 0 Å². The minimum atomic E-state index is -2.04. The number of nitrogens with two attached hydrogens (primary N) is 4. The van der Waals surface area contributed by atoms with E-state index < -0.39 is 202 Å². The minimum absolute atomic E-state index is 0.0558. The van der Waals surface area contributed by atoms with Crippen molar-refractivity contribution in [1.82, 2.24) is 47.4 Å². The number of hydrogen-bond acceptors (Lipinski definition) is 20. The Balaban J connectivity index is 3.21. The summed E-state index contributed by atoms with van der Waals surface area (Å²) in [5.41, 5.74) is 20.9. The molecule has 1 aliphatic heterocycles. The van der Waals surface area contributed by atoms with Gasteiger partial charge in [0, 0.05) is 13.0 Å². The summed E-state index contributed by atoms with van der Waals surface area (Å²) >= 11 is 0. The molecule has 12 amide bonds. The van der Waals surface area contributed by atoms with Gasteiger partial charge in [-0.3, -0.25) is 62.3 Å². The Morgan fingerprint density at radius 2 is 0.958 bits per heavy atom. The van der Waals surface area contributed by atoms with E-state index >= 15 is 0 Å². The maximum Gasteiger partial charge on any atom is 0.305 e. The Hall–Kier alpha value is -7.17. The minimum Gasteiger partial charge on any atom is -0.481 e. The number of aliphatic hydroxyl groups excluding tert-OH is 6. The number of nitrogens with zero attached hydrogens (tertiary/aromatic N) is 1. The van der Waals surface area contributed by atoms with E-state index in [1.54, 1.807) is 0 Å². The van der Waals surface area contributed by atoms with Gasteiger partial charge in [-0.15, -0.1) is 0 Å². The zero-order valence-corrected chi connectivity index (χ0v) is 38.4. The largest absolute Gasteiger partial charge is 0.481 e. The summed E-state index contributed by atoms with van der Waals surface area (Å²) in [7, 11) is 0. The van der Waals surface area contributed by atoms with Crippen LogP contribution in [0.1, 0.15) is 52.4 Å². The molecule has 0 unspecified atom stereocenters. The Kier molecular flexibility index (Phi) is 25.9. The first-order valence-electron chi connectivity index (χ1n) is 21.5. The number of amides is 12. The van der Waals surface area contributed by atoms with E-state index in [-0.39, 0.29) is 19.4 Å². The highest BCUT2D eigenvalue weighted by molar-refractivity contribution is 5.99. The van der Waals surface area contributed by atoms with Crippen LogP contribution in [-0.2, 0) is 62.3 Å². The molecule has 1 heterocycles. The van der Waals surface area contributed by atoms with Gasteiger partial charge < -0.3 is 106 Å². The van der Waals surface area contributed by atoms with Crippen LogP contribution >= 0.6 is 0 Å². The van der Waals surface area contributed by atoms with Crippen LogP contribution in [0.5, 0.6) is 0 Å². The van der Waals surface area contributed by atoms with Gasteiger partial charge in [0.15, 0.2) is 0 Å². The van der Waals surface area contributed by atoms with E-state index in [0.717, 1.165) is 18.7 Å². The summed E-state index contributed by atoms with van der Waals surface area (Å²) < 4.78 is 0. The van der Waals surface area contributed by atoms with Crippen LogP contribution < -0.4 is 65.5 Å². The summed E-state index contributed by atoms with van der Waals surface area (Å²) in [6, 6.07) is -18.0. The number of carbonyl (C=O) groups is 13. The summed E-state index contributed by atoms with van der Waals surface area (Å²) in [5.74, 6) is -16.0. The lowest BCUT2D eigenvalue weighted by Crippen LogP contribution is -2.63. The smallest absolute Gasteiger partial charge is 0.305 e. The molecule has 0 spiro atoms. The second-order valence-corrected chi connectivity index (χ2v) is 16.0. The molecule has 0 radical (unpaired) electrons. The monoisotopic (exact) mass is 1020 g/mol. The van der Waals surface area contributed by atoms with Crippen LogP contribution in [0, 0.1) is 0 Å². The standard InChI is InChI=1S/C38H63N13O20/c1-14(56)27(36(69)47-21(12-54)34(67)48-22(13-55)38(71)51-7-3-4-23(51)35(68)45-19(10-52)29(42)62)49-31(64)17(5-6-24(40)58)43-33(66)20(11-53)46-37(70)28(15(2)57)50-32(65)18(9-26(60)61)44-30(63)16(39)8-25(41)59/h14-23,27-28,52-57H,3-13,39H2,1-2H3,(H2,40,58)(H2,41,59)(H2,42,62)(H,43,66)(H,44,63)(H,45,68)(H,46,70)(H,47,69)(H,48,67)(H,49,64)(H,50,65)(H,60,61)/t14-,15-,16+,17+,18+,19+,20+,21+,22+,23+,27+,28+/m1/s1. The Morgan fingerprint density at radius 3 is 1.37 bits per heavy atom. The predicted molar refractivity (Wildman–Crippen MR) is 234 cm³/mol. The molecule has 0 aromatic carbocycles. The van der Waals surface area contributed by atoms with Gasteiger partial charge >= 0.3 is 5.97 Å². The number of rotatable bonds is 31. The van der Waals surface area contributed by atoms with Gasteiger partial charge in [-0.2, -0.15) is 0 Å². The van der Waals surface area contributed by atoms with Crippen LogP contribution in [0.15, 0.2) is 0 Å². The predicted octanol–water partition coefficient (Wildman–Crippen LogP) is -13.0. The molecule has 1 aliphatic rings. The van der Waals surface area contributed by atoms with Crippen molar-refractivity contribution in [2.45, 2.75) is 125 Å². The molecule has 1 saturated heterocycles. The number of nitrogens with one attached hydrogen (secondary N) is 8. The third kappa shape index (κ3) is 20.0. The maximum absolute atomic E-state index is 13.6. The van der Waals surface area contributed by atoms with Crippen molar-refractivity contribution < 1.29 is 98.1 Å². The van der Waals surface area contributed by atoms with E-state index in [9.17, 15) is 98.1 Å². The summed E-state index contributed by atoms with van der Waals surface area (Å²) in [6.45, 7) is -2.47. The average molecular weight is 1020 g/mol. The normalized spacial score (nSPS) is 17.8. The van der Waals surface area contributed by atoms with E-state index in [1.165, 1.54) is 0 Å². The van der Waals surface area contributed by atoms with Gasteiger partial charge in [0.05, 0.1) is 57.5 Å². The number of hydrogen-bond donors (Lipinski definition) is 19. The first-order valence-corrected chi connectivity index (χ1v) is 21.5. The Morgan fingerprint density at radius 1 is 0.535 bits per heavy atom. The molecule has 33 heteroatoms. The highest BCUT2D eigenvalue weighted by Gasteiger charge is 2.40. The lowest BCUT2D eigenvalue weighted by atomic mass is 10.1. The second kappa shape index (κ2) is 29.8. The number of likely N-dealkylation sites (tertiary alicyclic amines) is 1. The molecular formula is C38H63N13O20. The van der Waals surface area contributed by atoms with Gasteiger partial charge in [-0.25, -0.2) is 0 Å². The van der Waals surface area contributed by atoms with E-state index in [1.807, 2.05) is 21.3 Å². The molecule has 0 aliphatic carbocycles. The average Bonchev–Trinajstić information content (AvgIpc) is 3.79. The molecule has 12 atom stereocenters. The lowest BCUT2D eigenvalue weighted by Gasteiger charge is -2.30. The molecule has 1 rings (SSSR count). The first kappa shape index (κ1) is 61.8. The number of aliphatic carboxylic acids is 1. The molecule has 0 bridgehead atoms. The van der Waals surface area contributed by atoms with Crippen molar-refractivity contribution in [1.29, 1.82) is 0 Å². The SMILES string of the molecule is C[C@@H](O)[C@H](NC(=O)[C@H](CC(=O)O)NC(=O)[C@@H](N)CC(N)=O)C(=O)N[C@@H](CO)C(=O)N[C@@H](CCC(N)=O)C(=O)N[C@H](C(=O)N[C@@H](CO)C(=O)N[C@@H](CO)C(=O)N1CCC[C@H]1C(=O)N[C@@H](CO)C(N)=O)[C@@H](C)O. The Bertz CT molecular complexity index is 1970. The molecule has 71 heavy (non-hydrogen) atoms. The zero-order valence-electron chi connectivity index (χ0n) is 38.4. The molecule has 0 saturated carbocycles. The summed E-state index contributed by atoms with van der Waals surface area (Å²) in [4.78, 5) is 165. The molecule has 23 N–H and O–H groups in total. The van der Waals surface area contributed by atoms with Crippen molar-refractivity contribution in [2.75, 3.05) is 33.0 Å². The maximum atomic E-state index is 13.6. The van der Waals surface area contributed by atoms with Crippen molar-refractivity contribution in [2.24, 2.45) is 22.9 Å². The molecular weight excluding hydrogens is 958 g/mol. The van der Waals surface area contributed by atoms with E-state index in [4.69, 9.17) is 22.9 Å². The van der Waals surface area contributed by atoms with Gasteiger partial charge in [0.25, 0.3) is 0 Å². The second-order valence-electron chi connectivity index (χ2n) is 16.0. The van der Waals surface area contributed by atoms with Crippen molar-refractivity contribution >= 4 is 76.9 Å². The zero-order chi connectivity index (χ0) is 54.4. The first-order chi connectivity index (χ1) is 33.1. The van der Waals surface area contributed by atoms with Crippen molar-refractivity contribution in [3.63, 3.8) is 0 Å². The third-order valence-corrected chi connectivity index (χ3v) is 10.3. The van der Waals surface area contributed by atoms with Crippen LogP contribution in [0.25, 0.3) is 0 Å². The van der Waals surface area contributed by atoms with Crippen LogP contribution in [0.4, 0.5) is 0 Å². The Labute approximate surface area is 402 Å². The van der Waals surface area contributed by atoms with Gasteiger partial charge in [0.2, 0.25) is 70.9 Å². The van der Waals surface area contributed by atoms with E-state index in [2.05, 4.69) is 21.3 Å².